The monoisotopic (exact) mass is 414 g/mol. The van der Waals surface area contributed by atoms with E-state index >= 15 is 0 Å². The third kappa shape index (κ3) is 3.74. The molecule has 0 radical (unpaired) electrons. The van der Waals surface area contributed by atoms with Crippen molar-refractivity contribution in [3.63, 3.8) is 0 Å². The maximum Gasteiger partial charge on any atom is 0.350 e. The van der Waals surface area contributed by atoms with Crippen molar-refractivity contribution >= 4 is 15.7 Å². The second-order valence-corrected chi connectivity index (χ2v) is 9.99. The highest BCUT2D eigenvalue weighted by Gasteiger charge is 2.28. The minimum absolute atomic E-state index is 0.132. The number of hydrogen-bond donors (Lipinski definition) is 0. The van der Waals surface area contributed by atoms with Crippen LogP contribution in [-0.4, -0.2) is 40.0 Å². The number of hydrogen-bond acceptors (Lipinski definition) is 4. The average molecular weight is 415 g/mol. The van der Waals surface area contributed by atoms with Gasteiger partial charge in [-0.1, -0.05) is 30.7 Å². The summed E-state index contributed by atoms with van der Waals surface area (Å²) in [5.41, 5.74) is 3.32. The molecule has 1 aliphatic rings. The van der Waals surface area contributed by atoms with Gasteiger partial charge in [0.15, 0.2) is 5.65 Å². The van der Waals surface area contributed by atoms with Crippen molar-refractivity contribution in [1.29, 1.82) is 0 Å². The summed E-state index contributed by atoms with van der Waals surface area (Å²) in [6.45, 7) is 7.53. The first-order valence-corrected chi connectivity index (χ1v) is 11.4. The molecule has 3 aromatic rings. The maximum atomic E-state index is 13.0. The Morgan fingerprint density at radius 3 is 2.55 bits per heavy atom. The summed E-state index contributed by atoms with van der Waals surface area (Å²) in [5.74, 6) is 0.537. The molecular formula is C21H26N4O3S. The van der Waals surface area contributed by atoms with Gasteiger partial charge in [-0.25, -0.2) is 22.3 Å². The smallest absolute Gasteiger partial charge is 0.249 e. The van der Waals surface area contributed by atoms with Crippen molar-refractivity contribution in [3.8, 4) is 0 Å². The van der Waals surface area contributed by atoms with Gasteiger partial charge in [0, 0.05) is 19.3 Å². The van der Waals surface area contributed by atoms with Crippen LogP contribution in [0, 0.1) is 19.8 Å². The van der Waals surface area contributed by atoms with Crippen molar-refractivity contribution in [2.24, 2.45) is 5.92 Å². The van der Waals surface area contributed by atoms with Crippen molar-refractivity contribution in [3.05, 3.63) is 63.7 Å². The Hall–Kier alpha value is -2.45. The lowest BCUT2D eigenvalue weighted by Gasteiger charge is -2.29. The highest BCUT2D eigenvalue weighted by molar-refractivity contribution is 7.89. The third-order valence-electron chi connectivity index (χ3n) is 5.76. The largest absolute Gasteiger partial charge is 0.350 e. The first-order valence-electron chi connectivity index (χ1n) is 9.91. The quantitative estimate of drug-likeness (QED) is 0.658. The second-order valence-electron chi connectivity index (χ2n) is 8.05. The number of nitrogens with zero attached hydrogens (tertiary/aromatic N) is 4. The van der Waals surface area contributed by atoms with Crippen LogP contribution in [0.2, 0.25) is 0 Å². The fourth-order valence-electron chi connectivity index (χ4n) is 3.76. The number of benzene rings is 1. The Morgan fingerprint density at radius 2 is 1.83 bits per heavy atom. The molecule has 4 rings (SSSR count). The summed E-state index contributed by atoms with van der Waals surface area (Å²) in [5, 5.41) is 4.38. The maximum absolute atomic E-state index is 13.0. The minimum atomic E-state index is -3.62. The van der Waals surface area contributed by atoms with Gasteiger partial charge in [-0.15, -0.1) is 5.10 Å². The molecule has 8 heteroatoms. The molecule has 0 aliphatic carbocycles. The van der Waals surface area contributed by atoms with Crippen LogP contribution in [-0.2, 0) is 16.6 Å². The molecule has 0 bridgehead atoms. The number of fused-ring (bicyclic) bond motifs is 1. The molecule has 0 N–H and O–H groups in total. The van der Waals surface area contributed by atoms with Crippen LogP contribution >= 0.6 is 0 Å². The summed E-state index contributed by atoms with van der Waals surface area (Å²) in [6.07, 6.45) is 3.11. The third-order valence-corrected chi connectivity index (χ3v) is 7.64. The summed E-state index contributed by atoms with van der Waals surface area (Å²) < 4.78 is 30.2. The van der Waals surface area contributed by atoms with E-state index in [-0.39, 0.29) is 10.6 Å². The normalized spacial score (nSPS) is 16.5. The van der Waals surface area contributed by atoms with E-state index < -0.39 is 10.0 Å². The van der Waals surface area contributed by atoms with Crippen LogP contribution in [0.15, 0.2) is 46.2 Å². The van der Waals surface area contributed by atoms with Crippen LogP contribution in [0.25, 0.3) is 5.65 Å². The van der Waals surface area contributed by atoms with Crippen LogP contribution in [0.3, 0.4) is 0 Å². The summed E-state index contributed by atoms with van der Waals surface area (Å²) in [6, 6.07) is 9.23. The predicted molar refractivity (Wildman–Crippen MR) is 112 cm³/mol. The molecule has 1 fully saturated rings. The summed E-state index contributed by atoms with van der Waals surface area (Å²) >= 11 is 0. The Bertz CT molecular complexity index is 1220. The van der Waals surface area contributed by atoms with Gasteiger partial charge < -0.3 is 0 Å². The van der Waals surface area contributed by atoms with Crippen molar-refractivity contribution in [2.45, 2.75) is 45.1 Å². The van der Waals surface area contributed by atoms with Gasteiger partial charge in [0.25, 0.3) is 0 Å². The van der Waals surface area contributed by atoms with Crippen LogP contribution in [0.5, 0.6) is 0 Å². The Balaban J connectivity index is 1.69. The molecule has 7 nitrogen and oxygen atoms in total. The summed E-state index contributed by atoms with van der Waals surface area (Å²) in [7, 11) is -3.62. The molecule has 2 aromatic heterocycles. The fourth-order valence-corrected chi connectivity index (χ4v) is 5.23. The van der Waals surface area contributed by atoms with E-state index in [2.05, 4.69) is 12.0 Å². The molecular weight excluding hydrogens is 388 g/mol. The van der Waals surface area contributed by atoms with E-state index in [1.807, 2.05) is 32.0 Å². The Labute approximate surface area is 170 Å². The van der Waals surface area contributed by atoms with Gasteiger partial charge in [-0.05, 0) is 55.9 Å². The van der Waals surface area contributed by atoms with E-state index in [1.165, 1.54) is 25.7 Å². The molecule has 3 heterocycles. The second kappa shape index (κ2) is 7.42. The average Bonchev–Trinajstić information content (AvgIpc) is 3.00. The molecule has 1 saturated heterocycles. The zero-order chi connectivity index (χ0) is 20.8. The molecule has 29 heavy (non-hydrogen) atoms. The highest BCUT2D eigenvalue weighted by Crippen LogP contribution is 2.23. The van der Waals surface area contributed by atoms with Gasteiger partial charge in [0.1, 0.15) is 0 Å². The van der Waals surface area contributed by atoms with Gasteiger partial charge >= 0.3 is 5.69 Å². The number of sulfonamides is 1. The van der Waals surface area contributed by atoms with E-state index in [0.717, 1.165) is 29.5 Å². The van der Waals surface area contributed by atoms with Gasteiger partial charge in [-0.2, -0.15) is 4.31 Å². The number of pyridine rings is 1. The van der Waals surface area contributed by atoms with E-state index in [4.69, 9.17) is 0 Å². The zero-order valence-electron chi connectivity index (χ0n) is 17.0. The lowest BCUT2D eigenvalue weighted by molar-refractivity contribution is 0.288. The van der Waals surface area contributed by atoms with E-state index in [9.17, 15) is 13.2 Å². The van der Waals surface area contributed by atoms with E-state index in [0.29, 0.717) is 31.2 Å². The van der Waals surface area contributed by atoms with E-state index in [1.54, 1.807) is 6.07 Å². The molecule has 0 atom stereocenters. The molecule has 1 aliphatic heterocycles. The van der Waals surface area contributed by atoms with Gasteiger partial charge in [0.2, 0.25) is 10.0 Å². The van der Waals surface area contributed by atoms with Crippen molar-refractivity contribution < 1.29 is 8.42 Å². The minimum Gasteiger partial charge on any atom is -0.249 e. The molecule has 0 amide bonds. The molecule has 154 valence electrons. The molecule has 0 spiro atoms. The molecule has 1 aromatic carbocycles. The topological polar surface area (TPSA) is 76.7 Å². The molecule has 0 unspecified atom stereocenters. The van der Waals surface area contributed by atoms with Crippen LogP contribution in [0.4, 0.5) is 0 Å². The zero-order valence-corrected chi connectivity index (χ0v) is 17.8. The lowest BCUT2D eigenvalue weighted by atomic mass is 10.0. The van der Waals surface area contributed by atoms with Crippen molar-refractivity contribution in [2.75, 3.05) is 13.1 Å². The number of aromatic nitrogens is 3. The lowest BCUT2D eigenvalue weighted by Crippen LogP contribution is -2.38. The highest BCUT2D eigenvalue weighted by atomic mass is 32.2. The number of rotatable bonds is 4. The molecule has 0 saturated carbocycles. The standard InChI is InChI=1S/C21H26N4O3S/c1-15-8-10-23(11-9-15)29(27,28)19-6-7-20-22-25(21(26)24(20)14-19)13-18-12-16(2)4-5-17(18)3/h4-7,12,14-15H,8-11,13H2,1-3H3. The number of aryl methyl sites for hydroxylation is 2. The fraction of sp³-hybridized carbons (Fsp3) is 0.429. The predicted octanol–water partition coefficient (Wildman–Crippen LogP) is 2.58. The SMILES string of the molecule is Cc1ccc(C)c(Cn2nc3ccc(S(=O)(=O)N4CCC(C)CC4)cn3c2=O)c1. The van der Waals surface area contributed by atoms with Gasteiger partial charge in [0.05, 0.1) is 11.4 Å². The number of piperidine rings is 1. The Kier molecular flexibility index (Phi) is 5.08. The first-order chi connectivity index (χ1) is 13.8. The van der Waals surface area contributed by atoms with Crippen molar-refractivity contribution in [1.82, 2.24) is 18.5 Å². The van der Waals surface area contributed by atoms with Crippen LogP contribution < -0.4 is 5.69 Å². The summed E-state index contributed by atoms with van der Waals surface area (Å²) in [4.78, 5) is 13.0. The Morgan fingerprint density at radius 1 is 1.10 bits per heavy atom. The first kappa shape index (κ1) is 19.8. The van der Waals surface area contributed by atoms with Crippen LogP contribution in [0.1, 0.15) is 36.5 Å². The van der Waals surface area contributed by atoms with Gasteiger partial charge in [-0.3, -0.25) is 0 Å².